The van der Waals surface area contributed by atoms with Crippen LogP contribution in [-0.4, -0.2) is 6.04 Å². The van der Waals surface area contributed by atoms with Gasteiger partial charge in [-0.15, -0.1) is 0 Å². The molecular weight excluding hydrogens is 236 g/mol. The summed E-state index contributed by atoms with van der Waals surface area (Å²) in [6, 6.07) is 19.7. The topological polar surface area (TPSA) is 72.3 Å². The molecule has 0 aliphatic rings. The van der Waals surface area contributed by atoms with Gasteiger partial charge in [0, 0.05) is 5.56 Å². The van der Waals surface area contributed by atoms with E-state index in [0.717, 1.165) is 11.1 Å². The van der Waals surface area contributed by atoms with Gasteiger partial charge in [-0.3, -0.25) is 0 Å². The van der Waals surface area contributed by atoms with Crippen LogP contribution in [-0.2, 0) is 0 Å². The van der Waals surface area contributed by atoms with Crippen LogP contribution in [0, 0.1) is 22.7 Å². The highest BCUT2D eigenvalue weighted by atomic mass is 15.1. The van der Waals surface area contributed by atoms with Crippen LogP contribution in [0.1, 0.15) is 0 Å². The van der Waals surface area contributed by atoms with Gasteiger partial charge in [-0.2, -0.15) is 20.8 Å². The van der Waals surface area contributed by atoms with E-state index < -0.39 is 6.04 Å². The maximum Gasteiger partial charge on any atom is 0.242 e. The van der Waals surface area contributed by atoms with Crippen LogP contribution < -0.4 is 0 Å². The molecule has 0 heterocycles. The summed E-state index contributed by atoms with van der Waals surface area (Å²) in [5.41, 5.74) is 2.58. The highest BCUT2D eigenvalue weighted by Crippen LogP contribution is 2.30. The van der Waals surface area contributed by atoms with Crippen molar-refractivity contribution in [1.82, 2.24) is 0 Å². The number of hydrogen-bond acceptors (Lipinski definition) is 4. The summed E-state index contributed by atoms with van der Waals surface area (Å²) in [5, 5.41) is 25.1. The molecule has 90 valence electrons. The first-order valence-electron chi connectivity index (χ1n) is 5.69. The van der Waals surface area contributed by atoms with Crippen molar-refractivity contribution in [3.8, 4) is 23.3 Å². The van der Waals surface area contributed by atoms with Crippen molar-refractivity contribution in [1.29, 1.82) is 10.5 Å². The average Bonchev–Trinajstić information content (AvgIpc) is 2.49. The third kappa shape index (κ3) is 3.02. The Morgan fingerprint density at radius 3 is 2.16 bits per heavy atom. The Balaban J connectivity index is 2.39. The van der Waals surface area contributed by atoms with Crippen molar-refractivity contribution < 1.29 is 0 Å². The summed E-state index contributed by atoms with van der Waals surface area (Å²) < 4.78 is 0. The molecule has 0 bridgehead atoms. The van der Waals surface area contributed by atoms with Crippen molar-refractivity contribution in [3.63, 3.8) is 0 Å². The quantitative estimate of drug-likeness (QED) is 0.771. The first-order valence-corrected chi connectivity index (χ1v) is 5.69. The van der Waals surface area contributed by atoms with Crippen LogP contribution in [0.5, 0.6) is 0 Å². The summed E-state index contributed by atoms with van der Waals surface area (Å²) in [7, 11) is 0. The number of hydrogen-bond donors (Lipinski definition) is 0. The second kappa shape index (κ2) is 6.09. The van der Waals surface area contributed by atoms with E-state index in [1.807, 2.05) is 48.5 Å². The molecule has 0 amide bonds. The van der Waals surface area contributed by atoms with Crippen LogP contribution in [0.25, 0.3) is 11.1 Å². The molecule has 0 N–H and O–H groups in total. The molecule has 0 fully saturated rings. The van der Waals surface area contributed by atoms with Gasteiger partial charge in [0.25, 0.3) is 0 Å². The number of rotatable bonds is 3. The molecular formula is C15H10N4. The van der Waals surface area contributed by atoms with Crippen LogP contribution in [0.3, 0.4) is 0 Å². The van der Waals surface area contributed by atoms with E-state index in [0.29, 0.717) is 5.69 Å². The second-order valence-corrected chi connectivity index (χ2v) is 3.76. The summed E-state index contributed by atoms with van der Waals surface area (Å²) >= 11 is 0. The number of azo groups is 1. The number of nitrogens with zero attached hydrogens (tertiary/aromatic N) is 4. The zero-order chi connectivity index (χ0) is 13.5. The van der Waals surface area contributed by atoms with Crippen molar-refractivity contribution in [2.75, 3.05) is 0 Å². The maximum atomic E-state index is 8.66. The Morgan fingerprint density at radius 1 is 0.842 bits per heavy atom. The molecule has 4 heteroatoms. The minimum Gasteiger partial charge on any atom is -0.195 e. The van der Waals surface area contributed by atoms with Crippen molar-refractivity contribution in [2.45, 2.75) is 6.04 Å². The SMILES string of the molecule is N#CC(C#N)N=Nc1ccccc1-c1ccccc1. The minimum atomic E-state index is -1.07. The van der Waals surface area contributed by atoms with Gasteiger partial charge in [-0.1, -0.05) is 48.5 Å². The zero-order valence-corrected chi connectivity index (χ0v) is 10.1. The molecule has 0 saturated heterocycles. The lowest BCUT2D eigenvalue weighted by atomic mass is 10.0. The fourth-order valence-electron chi connectivity index (χ4n) is 1.62. The molecule has 4 nitrogen and oxygen atoms in total. The van der Waals surface area contributed by atoms with E-state index in [1.165, 1.54) is 0 Å². The predicted octanol–water partition coefficient (Wildman–Crippen LogP) is 3.85. The lowest BCUT2D eigenvalue weighted by molar-refractivity contribution is 0.950. The van der Waals surface area contributed by atoms with Crippen molar-refractivity contribution in [2.24, 2.45) is 10.2 Å². The molecule has 0 atom stereocenters. The van der Waals surface area contributed by atoms with Gasteiger partial charge >= 0.3 is 0 Å². The monoisotopic (exact) mass is 246 g/mol. The highest BCUT2D eigenvalue weighted by Gasteiger charge is 2.05. The van der Waals surface area contributed by atoms with E-state index in [1.54, 1.807) is 18.2 Å². The van der Waals surface area contributed by atoms with E-state index in [-0.39, 0.29) is 0 Å². The van der Waals surface area contributed by atoms with Gasteiger partial charge in [0.05, 0.1) is 5.69 Å². The summed E-state index contributed by atoms with van der Waals surface area (Å²) in [4.78, 5) is 0. The molecule has 2 aromatic rings. The second-order valence-electron chi connectivity index (χ2n) is 3.76. The van der Waals surface area contributed by atoms with E-state index in [4.69, 9.17) is 10.5 Å². The van der Waals surface area contributed by atoms with Gasteiger partial charge in [-0.25, -0.2) is 0 Å². The third-order valence-corrected chi connectivity index (χ3v) is 2.51. The lowest BCUT2D eigenvalue weighted by Gasteiger charge is -2.04. The largest absolute Gasteiger partial charge is 0.242 e. The molecule has 0 spiro atoms. The van der Waals surface area contributed by atoms with Gasteiger partial charge in [0.15, 0.2) is 0 Å². The minimum absolute atomic E-state index is 0.643. The molecule has 0 saturated carbocycles. The van der Waals surface area contributed by atoms with Crippen LogP contribution >= 0.6 is 0 Å². The van der Waals surface area contributed by atoms with Gasteiger partial charge < -0.3 is 0 Å². The Bertz CT molecular complexity index is 649. The fourth-order valence-corrected chi connectivity index (χ4v) is 1.62. The molecule has 2 rings (SSSR count). The zero-order valence-electron chi connectivity index (χ0n) is 10.1. The van der Waals surface area contributed by atoms with Crippen LogP contribution in [0.15, 0.2) is 64.8 Å². The number of nitriles is 2. The van der Waals surface area contributed by atoms with E-state index in [2.05, 4.69) is 10.2 Å². The summed E-state index contributed by atoms with van der Waals surface area (Å²) in [5.74, 6) is 0. The third-order valence-electron chi connectivity index (χ3n) is 2.51. The molecule has 0 unspecified atom stereocenters. The first kappa shape index (κ1) is 12.5. The molecule has 0 aliphatic carbocycles. The van der Waals surface area contributed by atoms with Crippen molar-refractivity contribution in [3.05, 3.63) is 54.6 Å². The molecule has 0 aromatic heterocycles. The van der Waals surface area contributed by atoms with Gasteiger partial charge in [0.1, 0.15) is 12.1 Å². The maximum absolute atomic E-state index is 8.66. The smallest absolute Gasteiger partial charge is 0.195 e. The van der Waals surface area contributed by atoms with E-state index >= 15 is 0 Å². The van der Waals surface area contributed by atoms with Crippen molar-refractivity contribution >= 4 is 5.69 Å². The lowest BCUT2D eigenvalue weighted by Crippen LogP contribution is -1.92. The average molecular weight is 246 g/mol. The molecule has 2 aromatic carbocycles. The Morgan fingerprint density at radius 2 is 1.47 bits per heavy atom. The first-order chi connectivity index (χ1) is 9.35. The summed E-state index contributed by atoms with van der Waals surface area (Å²) in [6.07, 6.45) is 0. The molecule has 0 radical (unpaired) electrons. The van der Waals surface area contributed by atoms with Gasteiger partial charge in [0.2, 0.25) is 6.04 Å². The fraction of sp³-hybridized carbons (Fsp3) is 0.0667. The van der Waals surface area contributed by atoms with Gasteiger partial charge in [-0.05, 0) is 11.6 Å². The molecule has 19 heavy (non-hydrogen) atoms. The Kier molecular flexibility index (Phi) is 4.00. The summed E-state index contributed by atoms with van der Waals surface area (Å²) in [6.45, 7) is 0. The Labute approximate surface area is 111 Å². The highest BCUT2D eigenvalue weighted by molar-refractivity contribution is 5.75. The molecule has 0 aliphatic heterocycles. The van der Waals surface area contributed by atoms with Crippen LogP contribution in [0.2, 0.25) is 0 Å². The number of benzene rings is 2. The van der Waals surface area contributed by atoms with Crippen LogP contribution in [0.4, 0.5) is 5.69 Å². The Hall–Kier alpha value is -2.98. The predicted molar refractivity (Wildman–Crippen MR) is 71.4 cm³/mol. The van der Waals surface area contributed by atoms with E-state index in [9.17, 15) is 0 Å². The standard InChI is InChI=1S/C15H10N4/c16-10-13(11-17)18-19-15-9-5-4-8-14(15)12-6-2-1-3-7-12/h1-9,13H. The normalized spacial score (nSPS) is 10.3.